The molecule has 1 rings (SSSR count). The molecule has 1 atom stereocenters. The van der Waals surface area contributed by atoms with Crippen LogP contribution in [0.15, 0.2) is 24.5 Å². The highest BCUT2D eigenvalue weighted by molar-refractivity contribution is 5.73. The standard InChI is InChI=1S/C9H13NO2/c1-3-12-9(11)8(2)10-6-4-5-7-10/h4-8H,3H2,1-2H3. The van der Waals surface area contributed by atoms with Crippen molar-refractivity contribution in [1.29, 1.82) is 0 Å². The molecule has 0 amide bonds. The van der Waals surface area contributed by atoms with Gasteiger partial charge in [0.15, 0.2) is 0 Å². The third-order valence-electron chi connectivity index (χ3n) is 1.70. The summed E-state index contributed by atoms with van der Waals surface area (Å²) in [4.78, 5) is 11.2. The number of carbonyl (C=O) groups is 1. The van der Waals surface area contributed by atoms with Crippen LogP contribution in [0.4, 0.5) is 0 Å². The van der Waals surface area contributed by atoms with E-state index in [4.69, 9.17) is 4.74 Å². The summed E-state index contributed by atoms with van der Waals surface area (Å²) in [6.07, 6.45) is 3.70. The molecule has 1 aromatic heterocycles. The molecule has 0 aliphatic carbocycles. The van der Waals surface area contributed by atoms with Crippen LogP contribution in [-0.2, 0) is 9.53 Å². The molecular weight excluding hydrogens is 154 g/mol. The number of ether oxygens (including phenoxy) is 1. The van der Waals surface area contributed by atoms with E-state index in [1.807, 2.05) is 36.0 Å². The van der Waals surface area contributed by atoms with Gasteiger partial charge in [0.25, 0.3) is 0 Å². The summed E-state index contributed by atoms with van der Waals surface area (Å²) in [5, 5.41) is 0. The van der Waals surface area contributed by atoms with E-state index in [1.54, 1.807) is 6.92 Å². The highest BCUT2D eigenvalue weighted by atomic mass is 16.5. The van der Waals surface area contributed by atoms with Gasteiger partial charge in [0.1, 0.15) is 6.04 Å². The zero-order valence-corrected chi connectivity index (χ0v) is 7.36. The molecule has 0 spiro atoms. The second-order valence-corrected chi connectivity index (χ2v) is 2.56. The molecule has 0 bridgehead atoms. The van der Waals surface area contributed by atoms with E-state index in [0.29, 0.717) is 6.61 Å². The summed E-state index contributed by atoms with van der Waals surface area (Å²) in [5.74, 6) is -0.186. The van der Waals surface area contributed by atoms with Gasteiger partial charge >= 0.3 is 5.97 Å². The van der Waals surface area contributed by atoms with Crippen molar-refractivity contribution in [1.82, 2.24) is 4.57 Å². The van der Waals surface area contributed by atoms with Crippen molar-refractivity contribution < 1.29 is 9.53 Å². The van der Waals surface area contributed by atoms with Gasteiger partial charge in [-0.15, -0.1) is 0 Å². The minimum absolute atomic E-state index is 0.186. The van der Waals surface area contributed by atoms with Gasteiger partial charge in [-0.1, -0.05) is 0 Å². The number of aromatic nitrogens is 1. The van der Waals surface area contributed by atoms with E-state index in [-0.39, 0.29) is 12.0 Å². The molecule has 0 aromatic carbocycles. The van der Waals surface area contributed by atoms with Gasteiger partial charge in [-0.3, -0.25) is 0 Å². The van der Waals surface area contributed by atoms with E-state index in [0.717, 1.165) is 0 Å². The Kier molecular flexibility index (Phi) is 2.91. The van der Waals surface area contributed by atoms with Crippen LogP contribution in [0.5, 0.6) is 0 Å². The smallest absolute Gasteiger partial charge is 0.328 e. The second-order valence-electron chi connectivity index (χ2n) is 2.56. The summed E-state index contributed by atoms with van der Waals surface area (Å²) >= 11 is 0. The predicted octanol–water partition coefficient (Wildman–Crippen LogP) is 1.61. The molecule has 0 saturated carbocycles. The molecule has 0 fully saturated rings. The van der Waals surface area contributed by atoms with E-state index in [2.05, 4.69) is 0 Å². The summed E-state index contributed by atoms with van der Waals surface area (Å²) in [6.45, 7) is 4.06. The molecular formula is C9H13NO2. The highest BCUT2D eigenvalue weighted by Gasteiger charge is 2.13. The molecule has 1 unspecified atom stereocenters. The number of hydrogen-bond donors (Lipinski definition) is 0. The zero-order chi connectivity index (χ0) is 8.97. The van der Waals surface area contributed by atoms with Crippen LogP contribution in [0.3, 0.4) is 0 Å². The van der Waals surface area contributed by atoms with Crippen molar-refractivity contribution in [3.8, 4) is 0 Å². The minimum Gasteiger partial charge on any atom is -0.464 e. The zero-order valence-electron chi connectivity index (χ0n) is 7.36. The lowest BCUT2D eigenvalue weighted by Crippen LogP contribution is -2.17. The Balaban J connectivity index is 2.59. The van der Waals surface area contributed by atoms with Crippen molar-refractivity contribution >= 4 is 5.97 Å². The van der Waals surface area contributed by atoms with Gasteiger partial charge < -0.3 is 9.30 Å². The quantitative estimate of drug-likeness (QED) is 0.640. The van der Waals surface area contributed by atoms with E-state index in [1.165, 1.54) is 0 Å². The summed E-state index contributed by atoms with van der Waals surface area (Å²) in [6, 6.07) is 3.55. The van der Waals surface area contributed by atoms with Crippen LogP contribution in [0, 0.1) is 0 Å². The lowest BCUT2D eigenvalue weighted by molar-refractivity contribution is -0.146. The number of carbonyl (C=O) groups excluding carboxylic acids is 1. The first-order valence-electron chi connectivity index (χ1n) is 4.04. The van der Waals surface area contributed by atoms with Gasteiger partial charge in [-0.05, 0) is 26.0 Å². The maximum Gasteiger partial charge on any atom is 0.328 e. The van der Waals surface area contributed by atoms with Crippen molar-refractivity contribution in [2.75, 3.05) is 6.61 Å². The fourth-order valence-corrected chi connectivity index (χ4v) is 0.991. The maximum atomic E-state index is 11.2. The number of esters is 1. The molecule has 66 valence electrons. The Morgan fingerprint density at radius 3 is 2.58 bits per heavy atom. The first-order chi connectivity index (χ1) is 5.75. The van der Waals surface area contributed by atoms with Crippen molar-refractivity contribution in [2.45, 2.75) is 19.9 Å². The van der Waals surface area contributed by atoms with Crippen LogP contribution in [-0.4, -0.2) is 17.1 Å². The molecule has 3 nitrogen and oxygen atoms in total. The normalized spacial score (nSPS) is 12.5. The number of hydrogen-bond acceptors (Lipinski definition) is 2. The first kappa shape index (κ1) is 8.84. The summed E-state index contributed by atoms with van der Waals surface area (Å²) < 4.78 is 6.69. The number of nitrogens with zero attached hydrogens (tertiary/aromatic N) is 1. The maximum absolute atomic E-state index is 11.2. The van der Waals surface area contributed by atoms with E-state index in [9.17, 15) is 4.79 Å². The van der Waals surface area contributed by atoms with Gasteiger partial charge in [0.2, 0.25) is 0 Å². The second kappa shape index (κ2) is 3.95. The molecule has 3 heteroatoms. The molecule has 0 radical (unpaired) electrons. The Labute approximate surface area is 72.0 Å². The third-order valence-corrected chi connectivity index (χ3v) is 1.70. The Morgan fingerprint density at radius 2 is 2.08 bits per heavy atom. The van der Waals surface area contributed by atoms with Crippen LogP contribution in [0.1, 0.15) is 19.9 Å². The van der Waals surface area contributed by atoms with E-state index < -0.39 is 0 Å². The van der Waals surface area contributed by atoms with E-state index >= 15 is 0 Å². The lowest BCUT2D eigenvalue weighted by atomic mass is 10.3. The Bertz CT molecular complexity index is 241. The van der Waals surface area contributed by atoms with Gasteiger partial charge in [0.05, 0.1) is 6.61 Å². The molecule has 12 heavy (non-hydrogen) atoms. The topological polar surface area (TPSA) is 31.2 Å². The fourth-order valence-electron chi connectivity index (χ4n) is 0.991. The van der Waals surface area contributed by atoms with Crippen molar-refractivity contribution in [3.05, 3.63) is 24.5 Å². The highest BCUT2D eigenvalue weighted by Crippen LogP contribution is 2.07. The molecule has 0 aliphatic heterocycles. The first-order valence-corrected chi connectivity index (χ1v) is 4.04. The molecule has 0 N–H and O–H groups in total. The number of rotatable bonds is 3. The van der Waals surface area contributed by atoms with Gasteiger partial charge in [0, 0.05) is 12.4 Å². The van der Waals surface area contributed by atoms with Crippen LogP contribution < -0.4 is 0 Å². The average molecular weight is 167 g/mol. The lowest BCUT2D eigenvalue weighted by Gasteiger charge is -2.11. The summed E-state index contributed by atoms with van der Waals surface area (Å²) in [7, 11) is 0. The van der Waals surface area contributed by atoms with Crippen LogP contribution >= 0.6 is 0 Å². The van der Waals surface area contributed by atoms with Crippen LogP contribution in [0.2, 0.25) is 0 Å². The monoisotopic (exact) mass is 167 g/mol. The molecule has 0 aliphatic rings. The fraction of sp³-hybridized carbons (Fsp3) is 0.444. The molecule has 0 saturated heterocycles. The average Bonchev–Trinajstić information content (AvgIpc) is 2.55. The van der Waals surface area contributed by atoms with Crippen LogP contribution in [0.25, 0.3) is 0 Å². The van der Waals surface area contributed by atoms with Crippen molar-refractivity contribution in [2.24, 2.45) is 0 Å². The SMILES string of the molecule is CCOC(=O)C(C)n1cccc1. The minimum atomic E-state index is -0.222. The molecule has 1 aromatic rings. The third kappa shape index (κ3) is 1.87. The Morgan fingerprint density at radius 1 is 1.50 bits per heavy atom. The van der Waals surface area contributed by atoms with Gasteiger partial charge in [-0.2, -0.15) is 0 Å². The predicted molar refractivity (Wildman–Crippen MR) is 45.8 cm³/mol. The van der Waals surface area contributed by atoms with Crippen molar-refractivity contribution in [3.63, 3.8) is 0 Å². The largest absolute Gasteiger partial charge is 0.464 e. The summed E-state index contributed by atoms with van der Waals surface area (Å²) in [5.41, 5.74) is 0. The Hall–Kier alpha value is -1.25. The van der Waals surface area contributed by atoms with Gasteiger partial charge in [-0.25, -0.2) is 4.79 Å². The molecule has 1 heterocycles.